The highest BCUT2D eigenvalue weighted by molar-refractivity contribution is 7.81. The van der Waals surface area contributed by atoms with Crippen LogP contribution in [-0.4, -0.2) is 47.4 Å². The summed E-state index contributed by atoms with van der Waals surface area (Å²) in [5.41, 5.74) is -0.522. The monoisotopic (exact) mass is 260 g/mol. The van der Waals surface area contributed by atoms with Crippen LogP contribution in [0.25, 0.3) is 0 Å². The van der Waals surface area contributed by atoms with Crippen LogP contribution in [0.3, 0.4) is 0 Å². The maximum atomic E-state index is 11.6. The highest BCUT2D eigenvalue weighted by Crippen LogP contribution is 2.13. The summed E-state index contributed by atoms with van der Waals surface area (Å²) < 4.78 is 5.08. The van der Waals surface area contributed by atoms with Crippen LogP contribution in [0, 0.1) is 0 Å². The number of hydrogen-bond donors (Lipinski definition) is 2. The average molecular weight is 260 g/mol. The lowest BCUT2D eigenvalue weighted by molar-refractivity contribution is -0.153. The first-order valence-electron chi connectivity index (χ1n) is 5.70. The molecule has 1 unspecified atom stereocenters. The third-order valence-corrected chi connectivity index (χ3v) is 2.68. The van der Waals surface area contributed by atoms with Gasteiger partial charge in [-0.3, -0.25) is 4.79 Å². The molecular formula is C11H20N2O3S. The molecule has 2 amide bonds. The van der Waals surface area contributed by atoms with Gasteiger partial charge in [0.05, 0.1) is 0 Å². The molecule has 0 aromatic heterocycles. The third kappa shape index (κ3) is 5.30. The largest absolute Gasteiger partial charge is 0.459 e. The summed E-state index contributed by atoms with van der Waals surface area (Å²) in [7, 11) is 0. The number of amides is 2. The molecule has 0 radical (unpaired) electrons. The fraction of sp³-hybridized carbons (Fsp3) is 0.818. The Morgan fingerprint density at radius 2 is 2.12 bits per heavy atom. The molecule has 1 aliphatic heterocycles. The summed E-state index contributed by atoms with van der Waals surface area (Å²) in [4.78, 5) is 24.7. The Hall–Kier alpha value is -0.910. The van der Waals surface area contributed by atoms with Gasteiger partial charge < -0.3 is 15.0 Å². The molecule has 17 heavy (non-hydrogen) atoms. The van der Waals surface area contributed by atoms with E-state index in [1.807, 2.05) is 0 Å². The zero-order valence-electron chi connectivity index (χ0n) is 10.5. The summed E-state index contributed by atoms with van der Waals surface area (Å²) in [5, 5.41) is 2.78. The molecule has 1 heterocycles. The van der Waals surface area contributed by atoms with E-state index in [2.05, 4.69) is 17.9 Å². The average Bonchev–Trinajstić information content (AvgIpc) is 2.58. The highest BCUT2D eigenvalue weighted by atomic mass is 32.1. The molecule has 0 spiro atoms. The van der Waals surface area contributed by atoms with E-state index in [9.17, 15) is 9.59 Å². The molecular weight excluding hydrogens is 240 g/mol. The molecule has 0 aliphatic carbocycles. The van der Waals surface area contributed by atoms with Gasteiger partial charge in [-0.25, -0.2) is 4.79 Å². The number of nitrogens with zero attached hydrogens (tertiary/aromatic N) is 1. The molecule has 1 N–H and O–H groups in total. The minimum Gasteiger partial charge on any atom is -0.459 e. The Kier molecular flexibility index (Phi) is 4.68. The van der Waals surface area contributed by atoms with Crippen LogP contribution < -0.4 is 5.32 Å². The van der Waals surface area contributed by atoms with E-state index in [0.29, 0.717) is 13.1 Å². The molecule has 1 saturated heterocycles. The highest BCUT2D eigenvalue weighted by Gasteiger charge is 2.24. The van der Waals surface area contributed by atoms with Gasteiger partial charge in [-0.15, -0.1) is 0 Å². The molecule has 0 aromatic rings. The van der Waals surface area contributed by atoms with Crippen molar-refractivity contribution in [2.75, 3.05) is 19.6 Å². The second-order valence-corrected chi connectivity index (χ2v) is 5.86. The van der Waals surface area contributed by atoms with Crippen molar-refractivity contribution in [1.29, 1.82) is 0 Å². The Morgan fingerprint density at radius 3 is 2.59 bits per heavy atom. The van der Waals surface area contributed by atoms with Crippen molar-refractivity contribution < 1.29 is 14.3 Å². The Balaban J connectivity index is 2.26. The van der Waals surface area contributed by atoms with Crippen molar-refractivity contribution in [2.45, 2.75) is 38.0 Å². The Bertz CT molecular complexity index is 302. The van der Waals surface area contributed by atoms with Gasteiger partial charge in [0.1, 0.15) is 12.1 Å². The van der Waals surface area contributed by atoms with Crippen molar-refractivity contribution in [1.82, 2.24) is 10.2 Å². The minimum atomic E-state index is -0.522. The number of thiol groups is 1. The Labute approximate surface area is 107 Å². The van der Waals surface area contributed by atoms with E-state index in [4.69, 9.17) is 4.74 Å². The van der Waals surface area contributed by atoms with E-state index in [1.165, 1.54) is 0 Å². The van der Waals surface area contributed by atoms with Crippen LogP contribution in [0.2, 0.25) is 0 Å². The van der Waals surface area contributed by atoms with Gasteiger partial charge in [0.2, 0.25) is 0 Å². The summed E-state index contributed by atoms with van der Waals surface area (Å²) in [6.07, 6.45) is 0.892. The van der Waals surface area contributed by atoms with Crippen molar-refractivity contribution in [3.8, 4) is 0 Å². The zero-order chi connectivity index (χ0) is 13.1. The number of hydrogen-bond acceptors (Lipinski definition) is 4. The van der Waals surface area contributed by atoms with Crippen molar-refractivity contribution >= 4 is 24.6 Å². The van der Waals surface area contributed by atoms with E-state index in [1.54, 1.807) is 25.7 Å². The van der Waals surface area contributed by atoms with E-state index in [0.717, 1.165) is 6.42 Å². The zero-order valence-corrected chi connectivity index (χ0v) is 11.4. The lowest BCUT2D eigenvalue weighted by Gasteiger charge is -2.20. The van der Waals surface area contributed by atoms with Crippen LogP contribution >= 0.6 is 12.6 Å². The van der Waals surface area contributed by atoms with Crippen LogP contribution in [0.4, 0.5) is 4.79 Å². The molecule has 1 aliphatic rings. The molecule has 5 nitrogen and oxygen atoms in total. The first-order chi connectivity index (χ1) is 7.78. The molecule has 1 atom stereocenters. The van der Waals surface area contributed by atoms with Gasteiger partial charge in [0.25, 0.3) is 0 Å². The second-order valence-electron chi connectivity index (χ2n) is 5.13. The summed E-state index contributed by atoms with van der Waals surface area (Å²) in [5.74, 6) is -0.424. The smallest absolute Gasteiger partial charge is 0.325 e. The minimum absolute atomic E-state index is 0.0934. The standard InChI is InChI=1S/C11H20N2O3S/c1-11(2,3)16-9(14)6-12-10(15)13-5-4-8(17)7-13/h8,17H,4-7H2,1-3H3,(H,12,15). The van der Waals surface area contributed by atoms with Gasteiger partial charge in [-0.05, 0) is 27.2 Å². The fourth-order valence-corrected chi connectivity index (χ4v) is 1.88. The lowest BCUT2D eigenvalue weighted by atomic mass is 10.2. The van der Waals surface area contributed by atoms with Crippen molar-refractivity contribution in [3.05, 3.63) is 0 Å². The fourth-order valence-electron chi connectivity index (χ4n) is 1.56. The number of carbonyl (C=O) groups excluding carboxylic acids is 2. The maximum absolute atomic E-state index is 11.6. The predicted molar refractivity (Wildman–Crippen MR) is 68.2 cm³/mol. The van der Waals surface area contributed by atoms with Gasteiger partial charge in [0, 0.05) is 18.3 Å². The number of carbonyl (C=O) groups is 2. The van der Waals surface area contributed by atoms with E-state index < -0.39 is 11.6 Å². The summed E-state index contributed by atoms with van der Waals surface area (Å²) >= 11 is 4.30. The predicted octanol–water partition coefficient (Wildman–Crippen LogP) is 1.04. The maximum Gasteiger partial charge on any atom is 0.325 e. The van der Waals surface area contributed by atoms with Crippen LogP contribution in [0.15, 0.2) is 0 Å². The molecule has 0 saturated carbocycles. The molecule has 0 aromatic carbocycles. The molecule has 1 fully saturated rings. The lowest BCUT2D eigenvalue weighted by Crippen LogP contribution is -2.42. The second kappa shape index (κ2) is 5.62. The van der Waals surface area contributed by atoms with E-state index in [-0.39, 0.29) is 17.8 Å². The number of esters is 1. The van der Waals surface area contributed by atoms with E-state index >= 15 is 0 Å². The van der Waals surface area contributed by atoms with Crippen molar-refractivity contribution in [3.63, 3.8) is 0 Å². The van der Waals surface area contributed by atoms with Crippen LogP contribution in [0.1, 0.15) is 27.2 Å². The SMILES string of the molecule is CC(C)(C)OC(=O)CNC(=O)N1CCC(S)C1. The first-order valence-corrected chi connectivity index (χ1v) is 6.22. The summed E-state index contributed by atoms with van der Waals surface area (Å²) in [6.45, 7) is 6.59. The van der Waals surface area contributed by atoms with Gasteiger partial charge in [-0.1, -0.05) is 0 Å². The molecule has 0 bridgehead atoms. The third-order valence-electron chi connectivity index (χ3n) is 2.25. The topological polar surface area (TPSA) is 58.6 Å². The number of likely N-dealkylation sites (tertiary alicyclic amines) is 1. The van der Waals surface area contributed by atoms with Gasteiger partial charge >= 0.3 is 12.0 Å². The Morgan fingerprint density at radius 1 is 1.47 bits per heavy atom. The summed E-state index contributed by atoms with van der Waals surface area (Å²) in [6, 6.07) is -0.229. The van der Waals surface area contributed by atoms with Gasteiger partial charge in [0.15, 0.2) is 0 Å². The van der Waals surface area contributed by atoms with Crippen molar-refractivity contribution in [2.24, 2.45) is 0 Å². The first kappa shape index (κ1) is 14.2. The number of ether oxygens (including phenoxy) is 1. The molecule has 6 heteroatoms. The number of rotatable bonds is 2. The number of nitrogens with one attached hydrogen (secondary N) is 1. The molecule has 1 rings (SSSR count). The quantitative estimate of drug-likeness (QED) is 0.576. The van der Waals surface area contributed by atoms with Crippen LogP contribution in [-0.2, 0) is 9.53 Å². The normalized spacial score (nSPS) is 20.2. The van der Waals surface area contributed by atoms with Gasteiger partial charge in [-0.2, -0.15) is 12.6 Å². The van der Waals surface area contributed by atoms with Crippen LogP contribution in [0.5, 0.6) is 0 Å². The number of urea groups is 1. The molecule has 98 valence electrons.